The van der Waals surface area contributed by atoms with Crippen LogP contribution in [0.3, 0.4) is 0 Å². The van der Waals surface area contributed by atoms with E-state index in [1.165, 1.54) is 0 Å². The molecule has 0 unspecified atom stereocenters. The summed E-state index contributed by atoms with van der Waals surface area (Å²) >= 11 is 6.30. The smallest absolute Gasteiger partial charge is 0.258 e. The summed E-state index contributed by atoms with van der Waals surface area (Å²) in [7, 11) is 3.93. The van der Waals surface area contributed by atoms with Crippen LogP contribution in [0.2, 0.25) is 5.02 Å². The average molecular weight is 383 g/mol. The number of amides is 1. The zero-order valence-corrected chi connectivity index (χ0v) is 16.2. The van der Waals surface area contributed by atoms with E-state index >= 15 is 0 Å². The number of rotatable bonds is 7. The van der Waals surface area contributed by atoms with Gasteiger partial charge in [0.15, 0.2) is 6.61 Å². The molecule has 0 aliphatic heterocycles. The largest absolute Gasteiger partial charge is 0.484 e. The number of ether oxygens (including phenoxy) is 1. The van der Waals surface area contributed by atoms with Crippen LogP contribution in [-0.4, -0.2) is 38.1 Å². The van der Waals surface area contributed by atoms with E-state index < -0.39 is 0 Å². The van der Waals surface area contributed by atoms with Gasteiger partial charge in [-0.15, -0.1) is 0 Å². The van der Waals surface area contributed by atoms with Gasteiger partial charge in [0.25, 0.3) is 5.91 Å². The lowest BCUT2D eigenvalue weighted by Crippen LogP contribution is -2.37. The third-order valence-corrected chi connectivity index (χ3v) is 4.82. The van der Waals surface area contributed by atoms with Crippen molar-refractivity contribution in [1.29, 1.82) is 0 Å². The quantitative estimate of drug-likeness (QED) is 0.662. The van der Waals surface area contributed by atoms with Gasteiger partial charge in [-0.25, -0.2) is 0 Å². The van der Waals surface area contributed by atoms with Gasteiger partial charge in [-0.1, -0.05) is 60.1 Å². The predicted molar refractivity (Wildman–Crippen MR) is 110 cm³/mol. The van der Waals surface area contributed by atoms with Gasteiger partial charge in [0.1, 0.15) is 5.75 Å². The summed E-state index contributed by atoms with van der Waals surface area (Å²) in [6.07, 6.45) is 0. The number of likely N-dealkylation sites (N-methyl/N-ethyl adjacent to an activating group) is 1. The number of hydrogen-bond donors (Lipinski definition) is 1. The first-order valence-electron chi connectivity index (χ1n) is 8.84. The van der Waals surface area contributed by atoms with Gasteiger partial charge < -0.3 is 15.0 Å². The number of carbonyl (C=O) groups is 1. The number of nitrogens with zero attached hydrogens (tertiary/aromatic N) is 1. The van der Waals surface area contributed by atoms with E-state index in [0.29, 0.717) is 17.3 Å². The zero-order chi connectivity index (χ0) is 19.2. The summed E-state index contributed by atoms with van der Waals surface area (Å²) in [5.41, 5.74) is 0.986. The van der Waals surface area contributed by atoms with Gasteiger partial charge >= 0.3 is 0 Å². The highest BCUT2D eigenvalue weighted by Crippen LogP contribution is 2.25. The molecule has 0 spiro atoms. The van der Waals surface area contributed by atoms with Gasteiger partial charge in [-0.3, -0.25) is 4.79 Å². The van der Waals surface area contributed by atoms with Crippen LogP contribution in [0.5, 0.6) is 5.75 Å². The highest BCUT2D eigenvalue weighted by atomic mass is 35.5. The molecule has 3 rings (SSSR count). The van der Waals surface area contributed by atoms with Crippen molar-refractivity contribution in [3.8, 4) is 5.75 Å². The van der Waals surface area contributed by atoms with Crippen molar-refractivity contribution in [1.82, 2.24) is 10.2 Å². The molecule has 3 aromatic rings. The van der Waals surface area contributed by atoms with Crippen molar-refractivity contribution in [3.63, 3.8) is 0 Å². The molecule has 27 heavy (non-hydrogen) atoms. The SMILES string of the molecule is CN(C)[C@H](CNC(=O)COc1ccc2ccccc2c1)c1ccccc1Cl. The van der Waals surface area contributed by atoms with E-state index in [-0.39, 0.29) is 18.6 Å². The van der Waals surface area contributed by atoms with Crippen LogP contribution in [0, 0.1) is 0 Å². The molecule has 4 nitrogen and oxygen atoms in total. The first-order valence-corrected chi connectivity index (χ1v) is 9.21. The second kappa shape index (κ2) is 8.89. The van der Waals surface area contributed by atoms with Crippen LogP contribution in [0.1, 0.15) is 11.6 Å². The first kappa shape index (κ1) is 19.2. The fourth-order valence-electron chi connectivity index (χ4n) is 2.98. The van der Waals surface area contributed by atoms with Gasteiger partial charge in [0.05, 0.1) is 6.04 Å². The van der Waals surface area contributed by atoms with Crippen LogP contribution < -0.4 is 10.1 Å². The van der Waals surface area contributed by atoms with Crippen molar-refractivity contribution < 1.29 is 9.53 Å². The minimum atomic E-state index is -0.165. The number of carbonyl (C=O) groups excluding carboxylic acids is 1. The Morgan fingerprint density at radius 1 is 1.04 bits per heavy atom. The van der Waals surface area contributed by atoms with E-state index in [0.717, 1.165) is 16.3 Å². The minimum Gasteiger partial charge on any atom is -0.484 e. The number of fused-ring (bicyclic) bond motifs is 1. The Morgan fingerprint density at radius 3 is 2.48 bits per heavy atom. The molecule has 1 amide bonds. The maximum absolute atomic E-state index is 12.2. The Balaban J connectivity index is 1.57. The van der Waals surface area contributed by atoms with Crippen LogP contribution in [0.15, 0.2) is 66.7 Å². The third kappa shape index (κ3) is 5.00. The molecule has 0 heterocycles. The normalized spacial score (nSPS) is 12.1. The van der Waals surface area contributed by atoms with Crippen molar-refractivity contribution in [3.05, 3.63) is 77.3 Å². The monoisotopic (exact) mass is 382 g/mol. The predicted octanol–water partition coefficient (Wildman–Crippen LogP) is 4.29. The standard InChI is InChI=1S/C22H23ClN2O2/c1-25(2)21(19-9-5-6-10-20(19)23)14-24-22(26)15-27-18-12-11-16-7-3-4-8-17(16)13-18/h3-13,21H,14-15H2,1-2H3,(H,24,26)/t21-/m1/s1. The summed E-state index contributed by atoms with van der Waals surface area (Å²) in [5, 5.41) is 5.85. The number of halogens is 1. The molecule has 0 aliphatic carbocycles. The van der Waals surface area contributed by atoms with Crippen LogP contribution in [-0.2, 0) is 4.79 Å². The average Bonchev–Trinajstić information content (AvgIpc) is 2.67. The van der Waals surface area contributed by atoms with Gasteiger partial charge in [-0.2, -0.15) is 0 Å². The second-order valence-electron chi connectivity index (χ2n) is 6.60. The first-order chi connectivity index (χ1) is 13.0. The molecule has 5 heteroatoms. The summed E-state index contributed by atoms with van der Waals surface area (Å²) in [6.45, 7) is 0.428. The Bertz CT molecular complexity index is 927. The summed E-state index contributed by atoms with van der Waals surface area (Å²) in [6, 6.07) is 21.5. The zero-order valence-electron chi connectivity index (χ0n) is 15.5. The molecule has 1 N–H and O–H groups in total. The molecule has 0 aromatic heterocycles. The number of nitrogens with one attached hydrogen (secondary N) is 1. The van der Waals surface area contributed by atoms with Crippen LogP contribution >= 0.6 is 11.6 Å². The maximum Gasteiger partial charge on any atom is 0.258 e. The topological polar surface area (TPSA) is 41.6 Å². The fraction of sp³-hybridized carbons (Fsp3) is 0.227. The molecule has 0 saturated carbocycles. The number of benzene rings is 3. The van der Waals surface area contributed by atoms with E-state index in [2.05, 4.69) is 5.32 Å². The Kier molecular flexibility index (Phi) is 6.32. The fourth-order valence-corrected chi connectivity index (χ4v) is 3.25. The van der Waals surface area contributed by atoms with Crippen LogP contribution in [0.4, 0.5) is 0 Å². The molecule has 0 fully saturated rings. The third-order valence-electron chi connectivity index (χ3n) is 4.47. The van der Waals surface area contributed by atoms with Crippen molar-refractivity contribution >= 4 is 28.3 Å². The highest BCUT2D eigenvalue weighted by molar-refractivity contribution is 6.31. The molecule has 140 valence electrons. The van der Waals surface area contributed by atoms with E-state index in [1.807, 2.05) is 85.7 Å². The van der Waals surface area contributed by atoms with Crippen molar-refractivity contribution in [2.75, 3.05) is 27.2 Å². The second-order valence-corrected chi connectivity index (χ2v) is 7.01. The van der Waals surface area contributed by atoms with E-state index in [4.69, 9.17) is 16.3 Å². The van der Waals surface area contributed by atoms with E-state index in [9.17, 15) is 4.79 Å². The maximum atomic E-state index is 12.2. The molecular formula is C22H23ClN2O2. The molecule has 3 aromatic carbocycles. The molecule has 1 atom stereocenters. The lowest BCUT2D eigenvalue weighted by atomic mass is 10.1. The summed E-state index contributed by atoms with van der Waals surface area (Å²) < 4.78 is 5.65. The van der Waals surface area contributed by atoms with Gasteiger partial charge in [0.2, 0.25) is 0 Å². The summed E-state index contributed by atoms with van der Waals surface area (Å²) in [4.78, 5) is 14.3. The molecule has 0 radical (unpaired) electrons. The van der Waals surface area contributed by atoms with Gasteiger partial charge in [0, 0.05) is 11.6 Å². The Labute approximate surface area is 164 Å². The van der Waals surface area contributed by atoms with Gasteiger partial charge in [-0.05, 0) is 48.6 Å². The van der Waals surface area contributed by atoms with Crippen LogP contribution in [0.25, 0.3) is 10.8 Å². The molecule has 0 aliphatic rings. The molecule has 0 saturated heterocycles. The van der Waals surface area contributed by atoms with E-state index in [1.54, 1.807) is 0 Å². The summed E-state index contributed by atoms with van der Waals surface area (Å²) in [5.74, 6) is 0.515. The lowest BCUT2D eigenvalue weighted by molar-refractivity contribution is -0.123. The molecule has 0 bridgehead atoms. The number of hydrogen-bond acceptors (Lipinski definition) is 3. The van der Waals surface area contributed by atoms with Crippen molar-refractivity contribution in [2.45, 2.75) is 6.04 Å². The lowest BCUT2D eigenvalue weighted by Gasteiger charge is -2.26. The molecular weight excluding hydrogens is 360 g/mol. The Hall–Kier alpha value is -2.56. The van der Waals surface area contributed by atoms with Crippen molar-refractivity contribution in [2.24, 2.45) is 0 Å². The minimum absolute atomic E-state index is 0.0108. The Morgan fingerprint density at radius 2 is 1.74 bits per heavy atom. The highest BCUT2D eigenvalue weighted by Gasteiger charge is 2.17.